The summed E-state index contributed by atoms with van der Waals surface area (Å²) in [6.07, 6.45) is 3.99. The highest BCUT2D eigenvalue weighted by Crippen LogP contribution is 2.49. The lowest BCUT2D eigenvalue weighted by Gasteiger charge is -2.28. The number of aliphatic imine (C=N–C) groups is 1. The van der Waals surface area contributed by atoms with E-state index in [2.05, 4.69) is 89.1 Å². The van der Waals surface area contributed by atoms with E-state index >= 15 is 0 Å². The van der Waals surface area contributed by atoms with Crippen LogP contribution in [0.3, 0.4) is 0 Å². The van der Waals surface area contributed by atoms with E-state index in [-0.39, 0.29) is 0 Å². The van der Waals surface area contributed by atoms with Gasteiger partial charge < -0.3 is 5.32 Å². The molecule has 0 radical (unpaired) electrons. The molecule has 1 aliphatic heterocycles. The van der Waals surface area contributed by atoms with Crippen LogP contribution in [0.4, 0.5) is 11.4 Å². The minimum atomic E-state index is 0.679. The lowest BCUT2D eigenvalue weighted by atomic mass is 10.0. The number of guanidine groups is 1. The molecular weight excluding hydrogens is 354 g/mol. The lowest BCUT2D eigenvalue weighted by molar-refractivity contribution is 1.06. The first-order valence-electron chi connectivity index (χ1n) is 9.88. The van der Waals surface area contributed by atoms with E-state index in [1.165, 1.54) is 33.0 Å². The molecule has 0 spiro atoms. The second-order valence-corrected chi connectivity index (χ2v) is 7.29. The normalized spacial score (nSPS) is 13.7. The van der Waals surface area contributed by atoms with Crippen LogP contribution in [-0.4, -0.2) is 12.5 Å². The Morgan fingerprint density at radius 1 is 0.690 bits per heavy atom. The molecule has 0 atom stereocenters. The molecule has 3 nitrogen and oxygen atoms in total. The third-order valence-electron chi connectivity index (χ3n) is 5.67. The molecule has 3 heteroatoms. The summed E-state index contributed by atoms with van der Waals surface area (Å²) < 4.78 is 0. The van der Waals surface area contributed by atoms with Gasteiger partial charge >= 0.3 is 0 Å². The lowest BCUT2D eigenvalue weighted by Crippen LogP contribution is -2.37. The van der Waals surface area contributed by atoms with Gasteiger partial charge in [-0.2, -0.15) is 0 Å². The van der Waals surface area contributed by atoms with Crippen molar-refractivity contribution < 1.29 is 0 Å². The molecule has 0 saturated carbocycles. The minimum Gasteiger partial charge on any atom is -0.332 e. The molecule has 0 unspecified atom stereocenters. The van der Waals surface area contributed by atoms with Crippen LogP contribution >= 0.6 is 0 Å². The molecule has 2 aliphatic rings. The second kappa shape index (κ2) is 6.35. The van der Waals surface area contributed by atoms with Gasteiger partial charge in [0.25, 0.3) is 0 Å². The topological polar surface area (TPSA) is 27.6 Å². The molecule has 1 aliphatic carbocycles. The van der Waals surface area contributed by atoms with Crippen molar-refractivity contribution in [2.45, 2.75) is 0 Å². The predicted octanol–water partition coefficient (Wildman–Crippen LogP) is 6.10. The quantitative estimate of drug-likeness (QED) is 0.405. The third-order valence-corrected chi connectivity index (χ3v) is 5.67. The van der Waals surface area contributed by atoms with Gasteiger partial charge in [0, 0.05) is 17.3 Å². The van der Waals surface area contributed by atoms with E-state index in [4.69, 9.17) is 4.99 Å². The van der Waals surface area contributed by atoms with Crippen LogP contribution < -0.4 is 10.2 Å². The average Bonchev–Trinajstić information content (AvgIpc) is 3.13. The predicted molar refractivity (Wildman–Crippen MR) is 122 cm³/mol. The summed E-state index contributed by atoms with van der Waals surface area (Å²) in [6, 6.07) is 30.2. The van der Waals surface area contributed by atoms with Crippen LogP contribution in [0.25, 0.3) is 33.0 Å². The van der Waals surface area contributed by atoms with E-state index in [9.17, 15) is 0 Å². The first-order valence-corrected chi connectivity index (χ1v) is 9.88. The van der Waals surface area contributed by atoms with Crippen molar-refractivity contribution in [3.05, 3.63) is 97.2 Å². The maximum absolute atomic E-state index is 4.73. The number of hydrogen-bond donors (Lipinski definition) is 1. The van der Waals surface area contributed by atoms with E-state index in [1.807, 2.05) is 18.3 Å². The molecule has 29 heavy (non-hydrogen) atoms. The zero-order chi connectivity index (χ0) is 19.2. The Morgan fingerprint density at radius 3 is 2.17 bits per heavy atom. The van der Waals surface area contributed by atoms with Crippen LogP contribution in [0.15, 0.2) is 102 Å². The van der Waals surface area contributed by atoms with Crippen molar-refractivity contribution in [1.82, 2.24) is 5.32 Å². The van der Waals surface area contributed by atoms with Gasteiger partial charge in [-0.1, -0.05) is 66.7 Å². The van der Waals surface area contributed by atoms with E-state index in [0.29, 0.717) is 6.54 Å². The number of benzene rings is 4. The Morgan fingerprint density at radius 2 is 1.41 bits per heavy atom. The zero-order valence-corrected chi connectivity index (χ0v) is 15.8. The molecule has 1 N–H and O–H groups in total. The van der Waals surface area contributed by atoms with Crippen LogP contribution in [-0.2, 0) is 0 Å². The van der Waals surface area contributed by atoms with Crippen molar-refractivity contribution in [2.75, 3.05) is 11.4 Å². The number of fused-ring (bicyclic) bond motifs is 3. The van der Waals surface area contributed by atoms with E-state index in [1.54, 1.807) is 0 Å². The van der Waals surface area contributed by atoms with Gasteiger partial charge in [-0.05, 0) is 51.9 Å². The van der Waals surface area contributed by atoms with Gasteiger partial charge in [0.1, 0.15) is 0 Å². The van der Waals surface area contributed by atoms with E-state index in [0.717, 1.165) is 17.3 Å². The summed E-state index contributed by atoms with van der Waals surface area (Å²) in [5, 5.41) is 5.89. The van der Waals surface area contributed by atoms with E-state index < -0.39 is 0 Å². The summed E-state index contributed by atoms with van der Waals surface area (Å²) in [4.78, 5) is 6.95. The van der Waals surface area contributed by atoms with Gasteiger partial charge in [-0.25, -0.2) is 4.99 Å². The summed E-state index contributed by atoms with van der Waals surface area (Å²) >= 11 is 0. The fourth-order valence-corrected chi connectivity index (χ4v) is 4.45. The molecule has 0 bridgehead atoms. The standard InChI is InChI=1S/C26H19N3/c1-2-8-18(9-3-1)29(26-27-16-7-17-28-26)24-15-14-22-20-11-5-4-10-19(20)21-12-6-13-23(24)25(21)22/h1-16H,17H2,(H,27,28). The maximum Gasteiger partial charge on any atom is 0.207 e. The van der Waals surface area contributed by atoms with Crippen molar-refractivity contribution in [2.24, 2.45) is 4.99 Å². The molecule has 1 heterocycles. The van der Waals surface area contributed by atoms with Gasteiger partial charge in [0.2, 0.25) is 5.96 Å². The summed E-state index contributed by atoms with van der Waals surface area (Å²) in [7, 11) is 0. The summed E-state index contributed by atoms with van der Waals surface area (Å²) in [5.74, 6) is 0.843. The van der Waals surface area contributed by atoms with Crippen LogP contribution in [0.1, 0.15) is 0 Å². The molecule has 0 amide bonds. The number of para-hydroxylation sites is 1. The number of hydrogen-bond acceptors (Lipinski definition) is 3. The van der Waals surface area contributed by atoms with Crippen LogP contribution in [0.5, 0.6) is 0 Å². The number of anilines is 2. The number of rotatable bonds is 2. The molecule has 6 rings (SSSR count). The van der Waals surface area contributed by atoms with Gasteiger partial charge in [0.05, 0.1) is 12.2 Å². The van der Waals surface area contributed by atoms with Crippen molar-refractivity contribution in [3.8, 4) is 22.3 Å². The maximum atomic E-state index is 4.73. The molecular formula is C26H19N3. The third kappa shape index (κ3) is 2.41. The Bertz CT molecular complexity index is 1270. The molecule has 0 saturated heterocycles. The van der Waals surface area contributed by atoms with Crippen molar-refractivity contribution in [3.63, 3.8) is 0 Å². The first kappa shape index (κ1) is 16.1. The average molecular weight is 373 g/mol. The highest BCUT2D eigenvalue weighted by atomic mass is 15.3. The van der Waals surface area contributed by atoms with Gasteiger partial charge in [-0.15, -0.1) is 0 Å². The van der Waals surface area contributed by atoms with Crippen LogP contribution in [0.2, 0.25) is 0 Å². The second-order valence-electron chi connectivity index (χ2n) is 7.29. The first-order chi connectivity index (χ1) is 14.4. The monoisotopic (exact) mass is 373 g/mol. The Kier molecular flexibility index (Phi) is 3.53. The molecule has 4 aromatic carbocycles. The zero-order valence-electron chi connectivity index (χ0n) is 15.8. The van der Waals surface area contributed by atoms with Gasteiger partial charge in [0.15, 0.2) is 0 Å². The minimum absolute atomic E-state index is 0.679. The molecule has 138 valence electrons. The Labute approximate surface area is 169 Å². The summed E-state index contributed by atoms with van der Waals surface area (Å²) in [5.41, 5.74) is 7.46. The number of nitrogens with one attached hydrogen (secondary N) is 1. The molecule has 0 aromatic heterocycles. The van der Waals surface area contributed by atoms with Crippen LogP contribution in [0, 0.1) is 0 Å². The molecule has 0 fully saturated rings. The van der Waals surface area contributed by atoms with Crippen molar-refractivity contribution >= 4 is 28.1 Å². The molecule has 4 aromatic rings. The SMILES string of the molecule is C1=CNC(N(c2ccccc2)c2ccc3c4c(cccc24)-c2ccccc2-3)=NC1. The fourth-order valence-electron chi connectivity index (χ4n) is 4.45. The fraction of sp³-hybridized carbons (Fsp3) is 0.0385. The van der Waals surface area contributed by atoms with Crippen molar-refractivity contribution in [1.29, 1.82) is 0 Å². The number of nitrogens with zero attached hydrogens (tertiary/aromatic N) is 2. The largest absolute Gasteiger partial charge is 0.332 e. The Hall–Kier alpha value is -3.85. The highest BCUT2D eigenvalue weighted by Gasteiger charge is 2.25. The summed E-state index contributed by atoms with van der Waals surface area (Å²) in [6.45, 7) is 0.679. The van der Waals surface area contributed by atoms with Gasteiger partial charge in [-0.3, -0.25) is 4.90 Å². The highest BCUT2D eigenvalue weighted by molar-refractivity contribution is 6.21. The smallest absolute Gasteiger partial charge is 0.207 e. The Balaban J connectivity index is 1.63.